The lowest BCUT2D eigenvalue weighted by Crippen LogP contribution is -2.53. The molecule has 3 aromatic carbocycles. The van der Waals surface area contributed by atoms with E-state index in [0.29, 0.717) is 0 Å². The second kappa shape index (κ2) is 6.83. The molecule has 0 unspecified atom stereocenters. The number of carbonyl (C=O) groups excluding carboxylic acids is 1. The summed E-state index contributed by atoms with van der Waals surface area (Å²) < 4.78 is 6.15. The first-order valence-electron chi connectivity index (χ1n) is 9.99. The molecule has 0 aromatic heterocycles. The van der Waals surface area contributed by atoms with Crippen LogP contribution in [0.4, 0.5) is 0 Å². The zero-order valence-corrected chi connectivity index (χ0v) is 15.8. The van der Waals surface area contributed by atoms with Gasteiger partial charge in [-0.3, -0.25) is 4.79 Å². The highest BCUT2D eigenvalue weighted by Crippen LogP contribution is 2.52. The van der Waals surface area contributed by atoms with Crippen LogP contribution in [0.15, 0.2) is 78.9 Å². The predicted octanol–water partition coefficient (Wildman–Crippen LogP) is 4.94. The number of benzene rings is 3. The zero-order chi connectivity index (χ0) is 19.0. The average molecular weight is 369 g/mol. The Morgan fingerprint density at radius 2 is 1.43 bits per heavy atom. The first-order chi connectivity index (χ1) is 13.8. The van der Waals surface area contributed by atoms with Crippen LogP contribution in [-0.4, -0.2) is 23.9 Å². The number of hydrogen-bond acceptors (Lipinski definition) is 2. The summed E-state index contributed by atoms with van der Waals surface area (Å²) in [6.45, 7) is 1.56. The molecular weight excluding hydrogens is 346 g/mol. The highest BCUT2D eigenvalue weighted by molar-refractivity contribution is 5.95. The fraction of sp³-hybridized carbons (Fsp3) is 0.240. The summed E-state index contributed by atoms with van der Waals surface area (Å²) in [5.41, 5.74) is 2.63. The third-order valence-corrected chi connectivity index (χ3v) is 6.06. The molecule has 1 spiro atoms. The highest BCUT2D eigenvalue weighted by Gasteiger charge is 2.51. The summed E-state index contributed by atoms with van der Waals surface area (Å²) in [6, 6.07) is 26.4. The Balaban J connectivity index is 1.54. The fourth-order valence-corrected chi connectivity index (χ4v) is 4.72. The van der Waals surface area contributed by atoms with Gasteiger partial charge in [0.2, 0.25) is 5.91 Å². The second-order valence-corrected chi connectivity index (χ2v) is 7.63. The number of carbonyl (C=O) groups is 1. The summed E-state index contributed by atoms with van der Waals surface area (Å²) >= 11 is 0. The third kappa shape index (κ3) is 2.62. The van der Waals surface area contributed by atoms with Gasteiger partial charge in [0.05, 0.1) is 0 Å². The highest BCUT2D eigenvalue weighted by atomic mass is 16.5. The molecule has 0 saturated carbocycles. The van der Waals surface area contributed by atoms with E-state index >= 15 is 0 Å². The SMILES string of the molecule is O=C1N(CCc2ccccc2)CCCC12c1ccccc1Oc1ccccc12. The molecule has 1 fully saturated rings. The first-order valence-corrected chi connectivity index (χ1v) is 9.99. The van der Waals surface area contributed by atoms with Crippen molar-refractivity contribution in [1.82, 2.24) is 4.90 Å². The molecule has 0 N–H and O–H groups in total. The maximum atomic E-state index is 13.9. The topological polar surface area (TPSA) is 29.5 Å². The molecule has 0 atom stereocenters. The van der Waals surface area contributed by atoms with Crippen LogP contribution in [0, 0.1) is 0 Å². The van der Waals surface area contributed by atoms with E-state index < -0.39 is 5.41 Å². The van der Waals surface area contributed by atoms with Gasteiger partial charge in [0, 0.05) is 24.2 Å². The van der Waals surface area contributed by atoms with Gasteiger partial charge in [0.25, 0.3) is 0 Å². The summed E-state index contributed by atoms with van der Waals surface area (Å²) in [6.07, 6.45) is 2.69. The first kappa shape index (κ1) is 17.1. The molecule has 3 nitrogen and oxygen atoms in total. The lowest BCUT2D eigenvalue weighted by atomic mass is 9.67. The van der Waals surface area contributed by atoms with E-state index in [0.717, 1.165) is 55.0 Å². The maximum absolute atomic E-state index is 13.9. The van der Waals surface area contributed by atoms with Crippen molar-refractivity contribution in [3.63, 3.8) is 0 Å². The van der Waals surface area contributed by atoms with Gasteiger partial charge < -0.3 is 9.64 Å². The number of nitrogens with zero attached hydrogens (tertiary/aromatic N) is 1. The summed E-state index contributed by atoms with van der Waals surface area (Å²) in [4.78, 5) is 16.0. The van der Waals surface area contributed by atoms with Crippen LogP contribution in [0.1, 0.15) is 29.5 Å². The van der Waals surface area contributed by atoms with Crippen LogP contribution in [0.5, 0.6) is 11.5 Å². The van der Waals surface area contributed by atoms with Crippen molar-refractivity contribution in [3.8, 4) is 11.5 Å². The molecule has 5 rings (SSSR count). The Hall–Kier alpha value is -3.07. The lowest BCUT2D eigenvalue weighted by Gasteiger charge is -2.45. The number of rotatable bonds is 3. The Bertz CT molecular complexity index is 966. The number of hydrogen-bond donors (Lipinski definition) is 0. The lowest BCUT2D eigenvalue weighted by molar-refractivity contribution is -0.139. The molecule has 2 heterocycles. The normalized spacial score (nSPS) is 17.0. The van der Waals surface area contributed by atoms with Crippen molar-refractivity contribution in [2.45, 2.75) is 24.7 Å². The number of amides is 1. The van der Waals surface area contributed by atoms with Gasteiger partial charge in [0.1, 0.15) is 16.9 Å². The Morgan fingerprint density at radius 1 is 0.821 bits per heavy atom. The van der Waals surface area contributed by atoms with Gasteiger partial charge >= 0.3 is 0 Å². The van der Waals surface area contributed by atoms with Crippen molar-refractivity contribution in [1.29, 1.82) is 0 Å². The number of likely N-dealkylation sites (tertiary alicyclic amines) is 1. The minimum Gasteiger partial charge on any atom is -0.457 e. The Kier molecular flexibility index (Phi) is 4.16. The Morgan fingerprint density at radius 3 is 2.11 bits per heavy atom. The molecule has 0 aliphatic carbocycles. The van der Waals surface area contributed by atoms with Gasteiger partial charge in [-0.25, -0.2) is 0 Å². The molecule has 140 valence electrons. The molecule has 2 aliphatic heterocycles. The minimum absolute atomic E-state index is 0.206. The number of ether oxygens (including phenoxy) is 1. The second-order valence-electron chi connectivity index (χ2n) is 7.63. The van der Waals surface area contributed by atoms with Crippen molar-refractivity contribution in [2.75, 3.05) is 13.1 Å². The van der Waals surface area contributed by atoms with Crippen LogP contribution in [-0.2, 0) is 16.6 Å². The molecular formula is C25H23NO2. The quantitative estimate of drug-likeness (QED) is 0.654. The van der Waals surface area contributed by atoms with Gasteiger partial charge in [-0.1, -0.05) is 66.7 Å². The molecule has 1 amide bonds. The van der Waals surface area contributed by atoms with Crippen LogP contribution in [0.3, 0.4) is 0 Å². The number of fused-ring (bicyclic) bond motifs is 4. The fourth-order valence-electron chi connectivity index (χ4n) is 4.72. The van der Waals surface area contributed by atoms with E-state index in [-0.39, 0.29) is 5.91 Å². The van der Waals surface area contributed by atoms with E-state index in [2.05, 4.69) is 41.3 Å². The molecule has 1 saturated heterocycles. The van der Waals surface area contributed by atoms with Crippen molar-refractivity contribution < 1.29 is 9.53 Å². The van der Waals surface area contributed by atoms with Gasteiger partial charge in [-0.15, -0.1) is 0 Å². The maximum Gasteiger partial charge on any atom is 0.237 e. The van der Waals surface area contributed by atoms with Crippen molar-refractivity contribution >= 4 is 5.91 Å². The van der Waals surface area contributed by atoms with E-state index in [1.165, 1.54) is 5.56 Å². The zero-order valence-electron chi connectivity index (χ0n) is 15.8. The summed E-state index contributed by atoms with van der Waals surface area (Å²) in [5.74, 6) is 1.82. The average Bonchev–Trinajstić information content (AvgIpc) is 2.75. The summed E-state index contributed by atoms with van der Waals surface area (Å²) in [7, 11) is 0. The predicted molar refractivity (Wildman–Crippen MR) is 110 cm³/mol. The smallest absolute Gasteiger partial charge is 0.237 e. The van der Waals surface area contributed by atoms with Crippen molar-refractivity contribution in [3.05, 3.63) is 95.6 Å². The summed E-state index contributed by atoms with van der Waals surface area (Å²) in [5, 5.41) is 0. The third-order valence-electron chi connectivity index (χ3n) is 6.06. The van der Waals surface area contributed by atoms with Gasteiger partial charge in [0.15, 0.2) is 0 Å². The number of para-hydroxylation sites is 2. The molecule has 0 bridgehead atoms. The van der Waals surface area contributed by atoms with E-state index in [1.54, 1.807) is 0 Å². The Labute approximate surface area is 165 Å². The monoisotopic (exact) mass is 369 g/mol. The molecule has 28 heavy (non-hydrogen) atoms. The van der Waals surface area contributed by atoms with Crippen LogP contribution < -0.4 is 4.74 Å². The van der Waals surface area contributed by atoms with Crippen LogP contribution in [0.25, 0.3) is 0 Å². The van der Waals surface area contributed by atoms with E-state index in [9.17, 15) is 4.79 Å². The van der Waals surface area contributed by atoms with Gasteiger partial charge in [-0.2, -0.15) is 0 Å². The molecule has 3 aromatic rings. The van der Waals surface area contributed by atoms with Crippen LogP contribution >= 0.6 is 0 Å². The molecule has 2 aliphatic rings. The largest absolute Gasteiger partial charge is 0.457 e. The minimum atomic E-state index is -0.639. The van der Waals surface area contributed by atoms with E-state index in [1.807, 2.05) is 42.5 Å². The standard InChI is InChI=1S/C25H23NO2/c27-24-25(16-8-17-26(24)18-15-19-9-2-1-3-10-19)20-11-4-6-13-22(20)28-23-14-7-5-12-21(23)25/h1-7,9-14H,8,15-18H2. The van der Waals surface area contributed by atoms with Crippen LogP contribution in [0.2, 0.25) is 0 Å². The van der Waals surface area contributed by atoms with Crippen molar-refractivity contribution in [2.24, 2.45) is 0 Å². The van der Waals surface area contributed by atoms with Gasteiger partial charge in [-0.05, 0) is 37.0 Å². The number of piperidine rings is 1. The van der Waals surface area contributed by atoms with E-state index in [4.69, 9.17) is 4.74 Å². The molecule has 0 radical (unpaired) electrons. The molecule has 3 heteroatoms.